The Kier molecular flexibility index (Phi) is 8.09. The number of anilines is 1. The van der Waals surface area contributed by atoms with Crippen LogP contribution >= 0.6 is 0 Å². The molecule has 0 fully saturated rings. The molecule has 0 amide bonds. The molecule has 6 nitrogen and oxygen atoms in total. The zero-order valence-electron chi connectivity index (χ0n) is 18.9. The molecule has 34 heavy (non-hydrogen) atoms. The first-order valence-electron chi connectivity index (χ1n) is 11.0. The van der Waals surface area contributed by atoms with Crippen LogP contribution in [0.1, 0.15) is 47.3 Å². The molecule has 0 aliphatic rings. The topological polar surface area (TPSA) is 84.3 Å². The Balaban J connectivity index is 1.74. The number of hydrogen-bond acceptors (Lipinski definition) is 5. The van der Waals surface area contributed by atoms with Gasteiger partial charge in [-0.25, -0.2) is 14.8 Å². The van der Waals surface area contributed by atoms with E-state index in [2.05, 4.69) is 15.3 Å². The van der Waals surface area contributed by atoms with Gasteiger partial charge in [0.25, 0.3) is 0 Å². The van der Waals surface area contributed by atoms with E-state index in [-0.39, 0.29) is 17.9 Å². The number of nitrogens with one attached hydrogen (secondary N) is 1. The molecule has 0 atom stereocenters. The van der Waals surface area contributed by atoms with E-state index < -0.39 is 17.7 Å². The fourth-order valence-corrected chi connectivity index (χ4v) is 3.60. The van der Waals surface area contributed by atoms with Gasteiger partial charge in [-0.15, -0.1) is 0 Å². The fraction of sp³-hybridized carbons (Fsp3) is 0.320. The summed E-state index contributed by atoms with van der Waals surface area (Å²) in [7, 11) is 0. The second kappa shape index (κ2) is 11.0. The number of aryl methyl sites for hydroxylation is 1. The highest BCUT2D eigenvalue weighted by Gasteiger charge is 2.31. The third kappa shape index (κ3) is 6.24. The number of carbonyl (C=O) groups is 1. The number of hydrogen-bond donors (Lipinski definition) is 2. The first-order valence-corrected chi connectivity index (χ1v) is 11.0. The molecule has 2 N–H and O–H groups in total. The van der Waals surface area contributed by atoms with E-state index in [9.17, 15) is 23.1 Å². The van der Waals surface area contributed by atoms with Crippen LogP contribution in [0.3, 0.4) is 0 Å². The Morgan fingerprint density at radius 3 is 2.50 bits per heavy atom. The van der Waals surface area contributed by atoms with E-state index in [0.717, 1.165) is 29.7 Å². The number of nitrogens with zero attached hydrogens (tertiary/aromatic N) is 2. The summed E-state index contributed by atoms with van der Waals surface area (Å²) < 4.78 is 44.4. The second-order valence-corrected chi connectivity index (χ2v) is 7.65. The van der Waals surface area contributed by atoms with Gasteiger partial charge in [0.1, 0.15) is 17.9 Å². The summed E-state index contributed by atoms with van der Waals surface area (Å²) in [6, 6.07) is 10.4. The predicted molar refractivity (Wildman–Crippen MR) is 123 cm³/mol. The Morgan fingerprint density at radius 1 is 1.03 bits per heavy atom. The maximum Gasteiger partial charge on any atom is 0.416 e. The van der Waals surface area contributed by atoms with Gasteiger partial charge in [0.15, 0.2) is 0 Å². The summed E-state index contributed by atoms with van der Waals surface area (Å²) in [4.78, 5) is 20.0. The van der Waals surface area contributed by atoms with Crippen LogP contribution in [0, 0.1) is 0 Å². The number of aromatic nitrogens is 2. The maximum atomic E-state index is 13.0. The van der Waals surface area contributed by atoms with Crippen LogP contribution < -0.4 is 10.1 Å². The molecule has 3 rings (SSSR count). The molecule has 0 radical (unpaired) electrons. The Hall–Kier alpha value is -3.62. The minimum atomic E-state index is -4.43. The van der Waals surface area contributed by atoms with Crippen LogP contribution in [0.5, 0.6) is 5.75 Å². The van der Waals surface area contributed by atoms with E-state index >= 15 is 0 Å². The summed E-state index contributed by atoms with van der Waals surface area (Å²) in [6.07, 6.45) is -1.14. The van der Waals surface area contributed by atoms with E-state index in [1.807, 2.05) is 13.0 Å². The van der Waals surface area contributed by atoms with E-state index in [1.165, 1.54) is 12.4 Å². The van der Waals surface area contributed by atoms with Crippen molar-refractivity contribution in [3.63, 3.8) is 0 Å². The van der Waals surface area contributed by atoms with Crippen LogP contribution in [0.25, 0.3) is 11.3 Å². The van der Waals surface area contributed by atoms with Crippen molar-refractivity contribution in [3.05, 3.63) is 71.0 Å². The molecule has 1 heterocycles. The lowest BCUT2D eigenvalue weighted by Gasteiger charge is -2.14. The van der Waals surface area contributed by atoms with Crippen LogP contribution in [0.4, 0.5) is 19.0 Å². The van der Waals surface area contributed by atoms with Gasteiger partial charge in [-0.2, -0.15) is 13.2 Å². The minimum Gasteiger partial charge on any atom is -0.494 e. The number of carboxylic acid groups (broad SMARTS) is 1. The lowest BCUT2D eigenvalue weighted by molar-refractivity contribution is -0.137. The number of halogens is 3. The summed E-state index contributed by atoms with van der Waals surface area (Å²) >= 11 is 0. The number of ether oxygens (including phenoxy) is 1. The largest absolute Gasteiger partial charge is 0.494 e. The standard InChI is InChI=1S/C25H26F3N3O3/c1-3-5-17-12-18(7-9-20(17)24(32)33)21-14-23(31-15-30-21)29-11-10-16-6-8-19(25(26,27)28)13-22(16)34-4-2/h6-9,12-15H,3-5,10-11H2,1-2H3,(H,32,33)(H,29,30,31). The molecule has 0 saturated heterocycles. The number of aromatic carboxylic acids is 1. The van der Waals surface area contributed by atoms with Crippen molar-refractivity contribution in [1.82, 2.24) is 9.97 Å². The molecule has 0 bridgehead atoms. The SMILES string of the molecule is CCCc1cc(-c2cc(NCCc3ccc(C(F)(F)F)cc3OCC)ncn2)ccc1C(=O)O. The van der Waals surface area contributed by atoms with Crippen molar-refractivity contribution in [2.75, 3.05) is 18.5 Å². The summed E-state index contributed by atoms with van der Waals surface area (Å²) in [6.45, 7) is 4.39. The zero-order valence-corrected chi connectivity index (χ0v) is 18.9. The Morgan fingerprint density at radius 2 is 1.82 bits per heavy atom. The van der Waals surface area contributed by atoms with E-state index in [0.29, 0.717) is 36.5 Å². The molecule has 180 valence electrons. The molecular formula is C25H26F3N3O3. The number of alkyl halides is 3. The number of rotatable bonds is 10. The van der Waals surface area contributed by atoms with Crippen molar-refractivity contribution in [3.8, 4) is 17.0 Å². The monoisotopic (exact) mass is 473 g/mol. The minimum absolute atomic E-state index is 0.212. The molecule has 0 spiro atoms. The van der Waals surface area contributed by atoms with Crippen molar-refractivity contribution >= 4 is 11.8 Å². The van der Waals surface area contributed by atoms with Crippen LogP contribution in [-0.4, -0.2) is 34.2 Å². The van der Waals surface area contributed by atoms with Gasteiger partial charge >= 0.3 is 12.1 Å². The molecule has 3 aromatic rings. The van der Waals surface area contributed by atoms with Crippen LogP contribution in [0.15, 0.2) is 48.8 Å². The molecule has 2 aromatic carbocycles. The summed E-state index contributed by atoms with van der Waals surface area (Å²) in [5, 5.41) is 12.6. The summed E-state index contributed by atoms with van der Waals surface area (Å²) in [5.41, 5.74) is 2.34. The zero-order chi connectivity index (χ0) is 24.7. The predicted octanol–water partition coefficient (Wildman–Crippen LogP) is 5.87. The van der Waals surface area contributed by atoms with Gasteiger partial charge < -0.3 is 15.2 Å². The second-order valence-electron chi connectivity index (χ2n) is 7.65. The molecule has 0 unspecified atom stereocenters. The maximum absolute atomic E-state index is 13.0. The first-order chi connectivity index (χ1) is 16.2. The molecule has 0 saturated carbocycles. The average Bonchev–Trinajstić information content (AvgIpc) is 2.80. The molecule has 0 aliphatic heterocycles. The Bertz CT molecular complexity index is 1150. The summed E-state index contributed by atoms with van der Waals surface area (Å²) in [5.74, 6) is -0.201. The van der Waals surface area contributed by atoms with Gasteiger partial charge in [0.2, 0.25) is 0 Å². The van der Waals surface area contributed by atoms with E-state index in [4.69, 9.17) is 4.74 Å². The highest BCUT2D eigenvalue weighted by molar-refractivity contribution is 5.90. The first kappa shape index (κ1) is 25.0. The number of carboxylic acids is 1. The third-order valence-corrected chi connectivity index (χ3v) is 5.21. The number of benzene rings is 2. The normalized spacial score (nSPS) is 11.3. The highest BCUT2D eigenvalue weighted by atomic mass is 19.4. The van der Waals surface area contributed by atoms with Gasteiger partial charge in [-0.1, -0.05) is 25.5 Å². The fourth-order valence-electron chi connectivity index (χ4n) is 3.60. The average molecular weight is 473 g/mol. The highest BCUT2D eigenvalue weighted by Crippen LogP contribution is 2.33. The smallest absolute Gasteiger partial charge is 0.416 e. The lowest BCUT2D eigenvalue weighted by Crippen LogP contribution is -2.10. The van der Waals surface area contributed by atoms with Gasteiger partial charge in [0, 0.05) is 18.2 Å². The van der Waals surface area contributed by atoms with E-state index in [1.54, 1.807) is 25.1 Å². The van der Waals surface area contributed by atoms with Gasteiger partial charge in [-0.05, 0) is 55.2 Å². The quantitative estimate of drug-likeness (QED) is 0.383. The van der Waals surface area contributed by atoms with Crippen molar-refractivity contribution in [1.29, 1.82) is 0 Å². The molecular weight excluding hydrogens is 447 g/mol. The molecule has 0 aliphatic carbocycles. The van der Waals surface area contributed by atoms with Gasteiger partial charge in [0.05, 0.1) is 23.4 Å². The van der Waals surface area contributed by atoms with Gasteiger partial charge in [-0.3, -0.25) is 0 Å². The van der Waals surface area contributed by atoms with Crippen molar-refractivity contribution < 1.29 is 27.8 Å². The third-order valence-electron chi connectivity index (χ3n) is 5.21. The van der Waals surface area contributed by atoms with Crippen LogP contribution in [-0.2, 0) is 19.0 Å². The molecule has 1 aromatic heterocycles. The Labute approximate surface area is 195 Å². The molecule has 9 heteroatoms. The van der Waals surface area contributed by atoms with Crippen molar-refractivity contribution in [2.45, 2.75) is 39.3 Å². The van der Waals surface area contributed by atoms with Crippen LogP contribution in [0.2, 0.25) is 0 Å². The van der Waals surface area contributed by atoms with Crippen molar-refractivity contribution in [2.24, 2.45) is 0 Å². The lowest BCUT2D eigenvalue weighted by atomic mass is 9.98.